The van der Waals surface area contributed by atoms with Crippen LogP contribution in [0.1, 0.15) is 53.6 Å². The first-order valence-electron chi connectivity index (χ1n) is 13.5. The lowest BCUT2D eigenvalue weighted by Gasteiger charge is -2.24. The number of nitrogens with zero attached hydrogens (tertiary/aromatic N) is 2. The fourth-order valence-electron chi connectivity index (χ4n) is 5.51. The lowest BCUT2D eigenvalue weighted by Crippen LogP contribution is -2.24. The van der Waals surface area contributed by atoms with Crippen molar-refractivity contribution in [2.75, 3.05) is 5.32 Å². The molecule has 3 aromatic carbocycles. The van der Waals surface area contributed by atoms with E-state index in [1.54, 1.807) is 0 Å². The van der Waals surface area contributed by atoms with Crippen molar-refractivity contribution in [2.45, 2.75) is 51.2 Å². The number of aromatic nitrogens is 2. The molecule has 1 aliphatic carbocycles. The lowest BCUT2D eigenvalue weighted by molar-refractivity contribution is 0.0952. The molecule has 38 heavy (non-hydrogen) atoms. The second kappa shape index (κ2) is 10.7. The molecule has 0 radical (unpaired) electrons. The fraction of sp³-hybridized carbons (Fsp3) is 0.250. The maximum Gasteiger partial charge on any atom is 0.255 e. The summed E-state index contributed by atoms with van der Waals surface area (Å²) in [4.78, 5) is 18.5. The number of carbonyl (C=O) groups excluding carboxylic acids is 1. The molecule has 0 saturated heterocycles. The molecule has 4 N–H and O–H groups in total. The van der Waals surface area contributed by atoms with Crippen LogP contribution in [0, 0.1) is 0 Å². The van der Waals surface area contributed by atoms with Gasteiger partial charge in [0.2, 0.25) is 0 Å². The van der Waals surface area contributed by atoms with Gasteiger partial charge < -0.3 is 16.4 Å². The van der Waals surface area contributed by atoms with Crippen LogP contribution in [0.5, 0.6) is 0 Å². The standard InChI is InChI=1S/C32H33N5O/c33-20-22-8-6-9-23(18-22)21-34-32(38)28-14-7-17-37-30(28)36-29(31(37)35-27-12-2-1-3-13-27)26-16-15-24-10-4-5-11-25(24)19-26/h4-11,14-19,27,35H,1-3,12-13,20-21,33H2,(H,34,38). The minimum atomic E-state index is -0.145. The van der Waals surface area contributed by atoms with Crippen LogP contribution in [-0.2, 0) is 13.1 Å². The van der Waals surface area contributed by atoms with Crippen LogP contribution in [0.25, 0.3) is 27.7 Å². The molecule has 1 aliphatic rings. The third kappa shape index (κ3) is 4.87. The number of amides is 1. The van der Waals surface area contributed by atoms with Crippen molar-refractivity contribution in [3.63, 3.8) is 0 Å². The molecule has 1 amide bonds. The monoisotopic (exact) mass is 503 g/mol. The fourth-order valence-corrected chi connectivity index (χ4v) is 5.51. The van der Waals surface area contributed by atoms with E-state index in [-0.39, 0.29) is 5.91 Å². The predicted molar refractivity (Wildman–Crippen MR) is 154 cm³/mol. The highest BCUT2D eigenvalue weighted by Crippen LogP contribution is 2.34. The molecule has 0 aliphatic heterocycles. The summed E-state index contributed by atoms with van der Waals surface area (Å²) in [5.41, 5.74) is 11.0. The first-order valence-corrected chi connectivity index (χ1v) is 13.5. The van der Waals surface area contributed by atoms with Gasteiger partial charge in [-0.15, -0.1) is 0 Å². The van der Waals surface area contributed by atoms with Gasteiger partial charge in [0.1, 0.15) is 11.5 Å². The summed E-state index contributed by atoms with van der Waals surface area (Å²) >= 11 is 0. The number of imidazole rings is 1. The number of hydrogen-bond donors (Lipinski definition) is 3. The summed E-state index contributed by atoms with van der Waals surface area (Å²) in [5.74, 6) is 0.806. The second-order valence-corrected chi connectivity index (χ2v) is 10.2. The highest BCUT2D eigenvalue weighted by Gasteiger charge is 2.22. The van der Waals surface area contributed by atoms with Crippen LogP contribution < -0.4 is 16.4 Å². The summed E-state index contributed by atoms with van der Waals surface area (Å²) in [6.45, 7) is 0.905. The molecule has 6 nitrogen and oxygen atoms in total. The van der Waals surface area contributed by atoms with Crippen molar-refractivity contribution in [1.29, 1.82) is 0 Å². The summed E-state index contributed by atoms with van der Waals surface area (Å²) in [7, 11) is 0. The van der Waals surface area contributed by atoms with E-state index < -0.39 is 0 Å². The SMILES string of the molecule is NCc1cccc(CNC(=O)c2cccn3c(NC4CCCCC4)c(-c4ccc5ccccc5c4)nc23)c1. The van der Waals surface area contributed by atoms with Crippen molar-refractivity contribution in [1.82, 2.24) is 14.7 Å². The zero-order valence-electron chi connectivity index (χ0n) is 21.5. The Morgan fingerprint density at radius 1 is 0.895 bits per heavy atom. The minimum Gasteiger partial charge on any atom is -0.367 e. The summed E-state index contributed by atoms with van der Waals surface area (Å²) in [6, 6.07) is 27.0. The van der Waals surface area contributed by atoms with E-state index in [1.165, 1.54) is 30.0 Å². The maximum atomic E-state index is 13.4. The van der Waals surface area contributed by atoms with Gasteiger partial charge in [0.15, 0.2) is 5.65 Å². The number of carbonyl (C=O) groups is 1. The van der Waals surface area contributed by atoms with E-state index in [4.69, 9.17) is 10.7 Å². The molecular formula is C32H33N5O. The Morgan fingerprint density at radius 3 is 2.55 bits per heavy atom. The highest BCUT2D eigenvalue weighted by atomic mass is 16.1. The Bertz CT molecular complexity index is 1600. The smallest absolute Gasteiger partial charge is 0.255 e. The quantitative estimate of drug-likeness (QED) is 0.244. The molecule has 1 fully saturated rings. The molecule has 0 unspecified atom stereocenters. The molecule has 5 aromatic rings. The number of fused-ring (bicyclic) bond motifs is 2. The van der Waals surface area contributed by atoms with Gasteiger partial charge in [-0.1, -0.05) is 79.9 Å². The Labute approximate surface area is 222 Å². The Balaban J connectivity index is 1.39. The normalized spacial score (nSPS) is 14.1. The number of nitrogens with one attached hydrogen (secondary N) is 2. The Hall–Kier alpha value is -4.16. The predicted octanol–water partition coefficient (Wildman–Crippen LogP) is 6.29. The van der Waals surface area contributed by atoms with Crippen molar-refractivity contribution >= 4 is 28.1 Å². The van der Waals surface area contributed by atoms with Gasteiger partial charge >= 0.3 is 0 Å². The molecule has 2 heterocycles. The van der Waals surface area contributed by atoms with E-state index >= 15 is 0 Å². The van der Waals surface area contributed by atoms with Gasteiger partial charge in [0.25, 0.3) is 5.91 Å². The minimum absolute atomic E-state index is 0.145. The van der Waals surface area contributed by atoms with Crippen molar-refractivity contribution in [2.24, 2.45) is 5.73 Å². The van der Waals surface area contributed by atoms with Gasteiger partial charge in [-0.25, -0.2) is 4.98 Å². The van der Waals surface area contributed by atoms with Crippen LogP contribution in [0.2, 0.25) is 0 Å². The molecule has 192 valence electrons. The first kappa shape index (κ1) is 24.2. The molecule has 1 saturated carbocycles. The van der Waals surface area contributed by atoms with Crippen LogP contribution in [0.3, 0.4) is 0 Å². The van der Waals surface area contributed by atoms with Crippen LogP contribution in [-0.4, -0.2) is 21.3 Å². The second-order valence-electron chi connectivity index (χ2n) is 10.2. The average molecular weight is 504 g/mol. The molecule has 2 aromatic heterocycles. The highest BCUT2D eigenvalue weighted by molar-refractivity contribution is 6.01. The van der Waals surface area contributed by atoms with E-state index in [1.807, 2.05) is 47.0 Å². The Morgan fingerprint density at radius 2 is 1.71 bits per heavy atom. The summed E-state index contributed by atoms with van der Waals surface area (Å²) in [6.07, 6.45) is 8.05. The van der Waals surface area contributed by atoms with Gasteiger partial charge in [-0.3, -0.25) is 9.20 Å². The molecule has 6 heteroatoms. The number of benzene rings is 3. The summed E-state index contributed by atoms with van der Waals surface area (Å²) < 4.78 is 2.04. The number of pyridine rings is 1. The van der Waals surface area contributed by atoms with Gasteiger partial charge in [-0.2, -0.15) is 0 Å². The van der Waals surface area contributed by atoms with E-state index in [0.717, 1.165) is 41.0 Å². The van der Waals surface area contributed by atoms with E-state index in [2.05, 4.69) is 53.1 Å². The van der Waals surface area contributed by atoms with E-state index in [9.17, 15) is 4.79 Å². The topological polar surface area (TPSA) is 84.5 Å². The van der Waals surface area contributed by atoms with E-state index in [0.29, 0.717) is 30.3 Å². The van der Waals surface area contributed by atoms with Crippen molar-refractivity contribution < 1.29 is 4.79 Å². The summed E-state index contributed by atoms with van der Waals surface area (Å²) in [5, 5.41) is 9.26. The van der Waals surface area contributed by atoms with Crippen LogP contribution in [0.4, 0.5) is 5.82 Å². The van der Waals surface area contributed by atoms with Gasteiger partial charge in [-0.05, 0) is 52.9 Å². The van der Waals surface area contributed by atoms with Crippen LogP contribution in [0.15, 0.2) is 85.1 Å². The molecule has 0 bridgehead atoms. The third-order valence-electron chi connectivity index (χ3n) is 7.54. The number of rotatable bonds is 7. The maximum absolute atomic E-state index is 13.4. The number of hydrogen-bond acceptors (Lipinski definition) is 4. The number of anilines is 1. The van der Waals surface area contributed by atoms with Crippen molar-refractivity contribution in [3.05, 3.63) is 102 Å². The van der Waals surface area contributed by atoms with Crippen LogP contribution >= 0.6 is 0 Å². The zero-order chi connectivity index (χ0) is 25.9. The molecule has 6 rings (SSSR count). The Kier molecular flexibility index (Phi) is 6.80. The van der Waals surface area contributed by atoms with Crippen molar-refractivity contribution in [3.8, 4) is 11.3 Å². The lowest BCUT2D eigenvalue weighted by atomic mass is 9.95. The molecule has 0 spiro atoms. The first-order chi connectivity index (χ1) is 18.7. The number of nitrogens with two attached hydrogens (primary N) is 1. The largest absolute Gasteiger partial charge is 0.367 e. The molecule has 0 atom stereocenters. The van der Waals surface area contributed by atoms with Gasteiger partial charge in [0, 0.05) is 30.9 Å². The average Bonchev–Trinajstić information content (AvgIpc) is 3.34. The third-order valence-corrected chi connectivity index (χ3v) is 7.54. The zero-order valence-corrected chi connectivity index (χ0v) is 21.5. The van der Waals surface area contributed by atoms with Gasteiger partial charge in [0.05, 0.1) is 5.56 Å². The molecular weight excluding hydrogens is 470 g/mol.